The smallest absolute Gasteiger partial charge is 0.418 e. The zero-order chi connectivity index (χ0) is 15.4. The number of urea groups is 1. The Balaban J connectivity index is 2.17. The number of nitrogens with two attached hydrogens (primary N) is 1. The van der Waals surface area contributed by atoms with E-state index in [1.54, 1.807) is 16.8 Å². The molecule has 6 nitrogen and oxygen atoms in total. The summed E-state index contributed by atoms with van der Waals surface area (Å²) in [4.78, 5) is 28.8. The summed E-state index contributed by atoms with van der Waals surface area (Å²) in [7, 11) is 1.20. The van der Waals surface area contributed by atoms with Gasteiger partial charge in [0.25, 0.3) is 0 Å². The zero-order valence-corrected chi connectivity index (χ0v) is 12.5. The molecule has 1 heterocycles. The molecular weight excluding hydrogens is 290 g/mol. The highest BCUT2D eigenvalue weighted by Gasteiger charge is 2.19. The van der Waals surface area contributed by atoms with Gasteiger partial charge in [0.1, 0.15) is 0 Å². The average molecular weight is 305 g/mol. The van der Waals surface area contributed by atoms with Crippen molar-refractivity contribution >= 4 is 23.5 Å². The molecule has 0 aliphatic heterocycles. The third-order valence-electron chi connectivity index (χ3n) is 2.96. The highest BCUT2D eigenvalue weighted by atomic mass is 32.1. The number of thiazole rings is 1. The summed E-state index contributed by atoms with van der Waals surface area (Å²) in [5.41, 5.74) is 9.76. The van der Waals surface area contributed by atoms with Crippen molar-refractivity contribution in [3.63, 3.8) is 0 Å². The van der Waals surface area contributed by atoms with Crippen molar-refractivity contribution in [3.05, 3.63) is 41.0 Å². The maximum absolute atomic E-state index is 11.5. The first-order chi connectivity index (χ1) is 10.0. The van der Waals surface area contributed by atoms with Gasteiger partial charge in [0.05, 0.1) is 29.7 Å². The monoisotopic (exact) mass is 305 g/mol. The van der Waals surface area contributed by atoms with Crippen LogP contribution in [0.4, 0.5) is 9.59 Å². The Labute approximate surface area is 126 Å². The summed E-state index contributed by atoms with van der Waals surface area (Å²) < 4.78 is 4.52. The van der Waals surface area contributed by atoms with Crippen molar-refractivity contribution in [1.29, 1.82) is 0 Å². The summed E-state index contributed by atoms with van der Waals surface area (Å²) >= 11 is 1.57. The molecule has 1 aromatic carbocycles. The van der Waals surface area contributed by atoms with Crippen LogP contribution in [0.2, 0.25) is 0 Å². The normalized spacial score (nSPS) is 10.2. The maximum atomic E-state index is 11.5. The Hall–Kier alpha value is -2.41. The van der Waals surface area contributed by atoms with Crippen LogP contribution in [0.15, 0.2) is 29.8 Å². The van der Waals surface area contributed by atoms with Crippen LogP contribution >= 0.6 is 11.3 Å². The van der Waals surface area contributed by atoms with Crippen molar-refractivity contribution in [3.8, 4) is 10.4 Å². The van der Waals surface area contributed by atoms with Crippen molar-refractivity contribution in [2.75, 3.05) is 7.11 Å². The van der Waals surface area contributed by atoms with E-state index >= 15 is 0 Å². The van der Waals surface area contributed by atoms with Crippen LogP contribution < -0.4 is 5.73 Å². The molecule has 2 aromatic rings. The molecule has 0 aliphatic carbocycles. The standard InChI is InChI=1S/C14H15N3O3S/c1-9-12(21-8-16-9)11-5-3-10(4-6-11)7-17(13(15)18)14(19)20-2/h3-6,8H,7H2,1-2H3,(H2,15,18). The van der Waals surface area contributed by atoms with Crippen LogP contribution in [0.5, 0.6) is 0 Å². The predicted octanol–water partition coefficient (Wildman–Crippen LogP) is 2.77. The molecule has 7 heteroatoms. The first kappa shape index (κ1) is 15.0. The summed E-state index contributed by atoms with van der Waals surface area (Å²) in [5, 5.41) is 0. The second-order valence-electron chi connectivity index (χ2n) is 4.36. The number of methoxy groups -OCH3 is 1. The summed E-state index contributed by atoms with van der Waals surface area (Å²) in [6.45, 7) is 2.02. The number of carbonyl (C=O) groups excluding carboxylic acids is 2. The molecule has 110 valence electrons. The average Bonchev–Trinajstić information content (AvgIpc) is 2.90. The molecule has 0 saturated carbocycles. The fraction of sp³-hybridized carbons (Fsp3) is 0.214. The van der Waals surface area contributed by atoms with Crippen LogP contribution in [0.25, 0.3) is 10.4 Å². The van der Waals surface area contributed by atoms with Crippen LogP contribution in [-0.4, -0.2) is 29.1 Å². The van der Waals surface area contributed by atoms with Gasteiger partial charge in [0.2, 0.25) is 0 Å². The number of hydrogen-bond donors (Lipinski definition) is 1. The van der Waals surface area contributed by atoms with E-state index in [1.807, 2.05) is 31.2 Å². The van der Waals surface area contributed by atoms with Crippen molar-refractivity contribution in [1.82, 2.24) is 9.88 Å². The lowest BCUT2D eigenvalue weighted by Gasteiger charge is -2.16. The van der Waals surface area contributed by atoms with Crippen LogP contribution in [-0.2, 0) is 11.3 Å². The van der Waals surface area contributed by atoms with E-state index in [9.17, 15) is 9.59 Å². The number of aryl methyl sites for hydroxylation is 1. The minimum atomic E-state index is -0.843. The Morgan fingerprint density at radius 3 is 2.48 bits per heavy atom. The second-order valence-corrected chi connectivity index (χ2v) is 5.21. The highest BCUT2D eigenvalue weighted by Crippen LogP contribution is 2.27. The Morgan fingerprint density at radius 2 is 2.00 bits per heavy atom. The van der Waals surface area contributed by atoms with Gasteiger partial charge in [-0.1, -0.05) is 24.3 Å². The second kappa shape index (κ2) is 6.36. The fourth-order valence-corrected chi connectivity index (χ4v) is 2.68. The van der Waals surface area contributed by atoms with Gasteiger partial charge in [-0.05, 0) is 18.1 Å². The minimum absolute atomic E-state index is 0.0734. The first-order valence-electron chi connectivity index (χ1n) is 6.17. The van der Waals surface area contributed by atoms with E-state index < -0.39 is 12.1 Å². The molecule has 0 unspecified atom stereocenters. The van der Waals surface area contributed by atoms with Crippen LogP contribution in [0, 0.1) is 6.92 Å². The third kappa shape index (κ3) is 3.38. The summed E-state index contributed by atoms with van der Waals surface area (Å²) in [5.74, 6) is 0. The first-order valence-corrected chi connectivity index (χ1v) is 7.05. The van der Waals surface area contributed by atoms with Crippen LogP contribution in [0.1, 0.15) is 11.3 Å². The van der Waals surface area contributed by atoms with Gasteiger partial charge in [-0.2, -0.15) is 0 Å². The number of amides is 3. The van der Waals surface area contributed by atoms with Gasteiger partial charge in [0.15, 0.2) is 0 Å². The SMILES string of the molecule is COC(=O)N(Cc1ccc(-c2scnc2C)cc1)C(N)=O. The highest BCUT2D eigenvalue weighted by molar-refractivity contribution is 7.13. The van der Waals surface area contributed by atoms with E-state index in [-0.39, 0.29) is 6.54 Å². The lowest BCUT2D eigenvalue weighted by atomic mass is 10.1. The van der Waals surface area contributed by atoms with Crippen molar-refractivity contribution in [2.45, 2.75) is 13.5 Å². The van der Waals surface area contributed by atoms with E-state index in [0.29, 0.717) is 0 Å². The van der Waals surface area contributed by atoms with Gasteiger partial charge in [-0.15, -0.1) is 11.3 Å². The van der Waals surface area contributed by atoms with Gasteiger partial charge >= 0.3 is 12.1 Å². The summed E-state index contributed by atoms with van der Waals surface area (Å²) in [6.07, 6.45) is -0.773. The number of imide groups is 1. The van der Waals surface area contributed by atoms with Gasteiger partial charge in [-0.25, -0.2) is 19.5 Å². The molecule has 0 atom stereocenters. The largest absolute Gasteiger partial charge is 0.452 e. The molecule has 0 spiro atoms. The number of rotatable bonds is 3. The van der Waals surface area contributed by atoms with Gasteiger partial charge in [0, 0.05) is 0 Å². The predicted molar refractivity (Wildman–Crippen MR) is 79.8 cm³/mol. The number of ether oxygens (including phenoxy) is 1. The molecule has 21 heavy (non-hydrogen) atoms. The van der Waals surface area contributed by atoms with Crippen molar-refractivity contribution in [2.24, 2.45) is 5.73 Å². The molecule has 0 bridgehead atoms. The molecule has 1 aromatic heterocycles. The zero-order valence-electron chi connectivity index (χ0n) is 11.7. The number of hydrogen-bond acceptors (Lipinski definition) is 5. The number of benzene rings is 1. The molecule has 0 aliphatic rings. The molecule has 0 saturated heterocycles. The van der Waals surface area contributed by atoms with Crippen molar-refractivity contribution < 1.29 is 14.3 Å². The van der Waals surface area contributed by atoms with E-state index in [4.69, 9.17) is 5.73 Å². The van der Waals surface area contributed by atoms with Gasteiger partial charge < -0.3 is 10.5 Å². The molecule has 2 N–H and O–H groups in total. The van der Waals surface area contributed by atoms with Crippen LogP contribution in [0.3, 0.4) is 0 Å². The topological polar surface area (TPSA) is 85.5 Å². The molecular formula is C14H15N3O3S. The number of aromatic nitrogens is 1. The number of primary amides is 1. The van der Waals surface area contributed by atoms with E-state index in [2.05, 4.69) is 9.72 Å². The van der Waals surface area contributed by atoms with Gasteiger partial charge in [-0.3, -0.25) is 0 Å². The third-order valence-corrected chi connectivity index (χ3v) is 3.94. The van der Waals surface area contributed by atoms with E-state index in [0.717, 1.165) is 26.6 Å². The summed E-state index contributed by atoms with van der Waals surface area (Å²) in [6, 6.07) is 6.68. The van der Waals surface area contributed by atoms with E-state index in [1.165, 1.54) is 7.11 Å². The Morgan fingerprint density at radius 1 is 1.33 bits per heavy atom. The fourth-order valence-electron chi connectivity index (χ4n) is 1.87. The lowest BCUT2D eigenvalue weighted by molar-refractivity contribution is 0.129. The maximum Gasteiger partial charge on any atom is 0.418 e. The Kier molecular flexibility index (Phi) is 4.54. The Bertz CT molecular complexity index is 652. The molecule has 0 radical (unpaired) electrons. The lowest BCUT2D eigenvalue weighted by Crippen LogP contribution is -2.40. The number of nitrogens with zero attached hydrogens (tertiary/aromatic N) is 2. The molecule has 3 amide bonds. The molecule has 0 fully saturated rings. The molecule has 2 rings (SSSR count). The minimum Gasteiger partial charge on any atom is -0.452 e. The quantitative estimate of drug-likeness (QED) is 0.944. The number of carbonyl (C=O) groups is 2.